The molecule has 2 aromatic carbocycles. The quantitative estimate of drug-likeness (QED) is 0.756. The molecule has 0 saturated carbocycles. The van der Waals surface area contributed by atoms with Crippen LogP contribution in [-0.4, -0.2) is 23.3 Å². The summed E-state index contributed by atoms with van der Waals surface area (Å²) >= 11 is 5.94. The fraction of sp³-hybridized carbons (Fsp3) is 0.278. The van der Waals surface area contributed by atoms with Crippen LogP contribution in [-0.2, 0) is 11.4 Å². The van der Waals surface area contributed by atoms with Gasteiger partial charge in [-0.15, -0.1) is 0 Å². The summed E-state index contributed by atoms with van der Waals surface area (Å²) in [5, 5.41) is 19.4. The molecule has 1 atom stereocenters. The van der Waals surface area contributed by atoms with Gasteiger partial charge in [0.1, 0.15) is 6.61 Å². The number of hydrogen-bond acceptors (Lipinski definition) is 4. The maximum absolute atomic E-state index is 10.6. The van der Waals surface area contributed by atoms with E-state index in [1.165, 1.54) is 7.11 Å². The van der Waals surface area contributed by atoms with E-state index >= 15 is 0 Å². The Balaban J connectivity index is 2.06. The van der Waals surface area contributed by atoms with Crippen molar-refractivity contribution in [1.29, 1.82) is 0 Å². The Kier molecular flexibility index (Phi) is 6.46. The highest BCUT2D eigenvalue weighted by atomic mass is 35.5. The maximum atomic E-state index is 10.6. The molecule has 0 amide bonds. The fourth-order valence-corrected chi connectivity index (χ4v) is 2.44. The van der Waals surface area contributed by atoms with Gasteiger partial charge in [0.2, 0.25) is 0 Å². The third-order valence-electron chi connectivity index (χ3n) is 3.49. The van der Waals surface area contributed by atoms with Crippen LogP contribution in [0.4, 0.5) is 0 Å². The lowest BCUT2D eigenvalue weighted by molar-refractivity contribution is -0.137. The average Bonchev–Trinajstić information content (AvgIpc) is 2.57. The molecule has 0 aliphatic carbocycles. The van der Waals surface area contributed by atoms with Gasteiger partial charge in [0.25, 0.3) is 0 Å². The monoisotopic (exact) mass is 350 g/mol. The van der Waals surface area contributed by atoms with Crippen molar-refractivity contribution in [3.05, 3.63) is 58.6 Å². The Morgan fingerprint density at radius 3 is 2.67 bits per heavy atom. The van der Waals surface area contributed by atoms with Gasteiger partial charge in [-0.3, -0.25) is 4.79 Å². The first kappa shape index (κ1) is 18.1. The number of carboxylic acids is 1. The molecule has 0 saturated heterocycles. The number of aliphatic hydroxyl groups excluding tert-OH is 1. The highest BCUT2D eigenvalue weighted by molar-refractivity contribution is 6.30. The second-order valence-electron chi connectivity index (χ2n) is 5.28. The number of aliphatic hydroxyl groups is 1. The lowest BCUT2D eigenvalue weighted by Crippen LogP contribution is -2.04. The molecule has 24 heavy (non-hydrogen) atoms. The van der Waals surface area contributed by atoms with Crippen molar-refractivity contribution in [2.24, 2.45) is 0 Å². The molecule has 1 unspecified atom stereocenters. The van der Waals surface area contributed by atoms with Crippen LogP contribution in [0.15, 0.2) is 42.5 Å². The van der Waals surface area contributed by atoms with E-state index in [-0.39, 0.29) is 12.8 Å². The summed E-state index contributed by atoms with van der Waals surface area (Å²) in [4.78, 5) is 10.6. The van der Waals surface area contributed by atoms with Gasteiger partial charge >= 0.3 is 5.97 Å². The Labute approximate surface area is 145 Å². The van der Waals surface area contributed by atoms with Crippen molar-refractivity contribution < 1.29 is 24.5 Å². The molecule has 0 aliphatic rings. The Morgan fingerprint density at radius 2 is 2.00 bits per heavy atom. The largest absolute Gasteiger partial charge is 0.493 e. The number of rotatable bonds is 8. The molecule has 0 radical (unpaired) electrons. The van der Waals surface area contributed by atoms with Crippen molar-refractivity contribution in [3.8, 4) is 11.5 Å². The van der Waals surface area contributed by atoms with Crippen LogP contribution in [0.1, 0.15) is 30.1 Å². The molecule has 6 heteroatoms. The zero-order valence-corrected chi connectivity index (χ0v) is 14.0. The summed E-state index contributed by atoms with van der Waals surface area (Å²) in [6, 6.07) is 12.4. The van der Waals surface area contributed by atoms with Crippen molar-refractivity contribution in [1.82, 2.24) is 0 Å². The van der Waals surface area contributed by atoms with E-state index in [1.54, 1.807) is 24.3 Å². The highest BCUT2D eigenvalue weighted by Crippen LogP contribution is 2.32. The number of hydrogen-bond donors (Lipinski definition) is 2. The zero-order chi connectivity index (χ0) is 17.5. The summed E-state index contributed by atoms with van der Waals surface area (Å²) in [5.74, 6) is 0.0676. The molecule has 0 aromatic heterocycles. The summed E-state index contributed by atoms with van der Waals surface area (Å²) < 4.78 is 11.0. The van der Waals surface area contributed by atoms with E-state index in [4.69, 9.17) is 26.2 Å². The van der Waals surface area contributed by atoms with Crippen LogP contribution < -0.4 is 9.47 Å². The smallest absolute Gasteiger partial charge is 0.303 e. The van der Waals surface area contributed by atoms with Crippen LogP contribution >= 0.6 is 11.6 Å². The molecule has 0 aliphatic heterocycles. The summed E-state index contributed by atoms with van der Waals surface area (Å²) in [6.45, 7) is 0.331. The minimum atomic E-state index is -0.942. The molecule has 2 rings (SSSR count). The van der Waals surface area contributed by atoms with Crippen LogP contribution in [0.3, 0.4) is 0 Å². The molecular weight excluding hydrogens is 332 g/mol. The van der Waals surface area contributed by atoms with Crippen LogP contribution in [0.5, 0.6) is 11.5 Å². The predicted molar refractivity (Wildman–Crippen MR) is 90.6 cm³/mol. The molecule has 0 bridgehead atoms. The number of carboxylic acid groups (broad SMARTS) is 1. The van der Waals surface area contributed by atoms with Gasteiger partial charge in [-0.2, -0.15) is 0 Å². The Morgan fingerprint density at radius 1 is 1.21 bits per heavy atom. The van der Waals surface area contributed by atoms with Gasteiger partial charge in [0.05, 0.1) is 13.2 Å². The van der Waals surface area contributed by atoms with E-state index in [9.17, 15) is 9.90 Å². The van der Waals surface area contributed by atoms with Gasteiger partial charge in [-0.1, -0.05) is 29.8 Å². The topological polar surface area (TPSA) is 76.0 Å². The first-order valence-electron chi connectivity index (χ1n) is 7.44. The third kappa shape index (κ3) is 5.15. The number of ether oxygens (including phenoxy) is 2. The van der Waals surface area contributed by atoms with E-state index in [2.05, 4.69) is 0 Å². The third-order valence-corrected chi connectivity index (χ3v) is 3.72. The van der Waals surface area contributed by atoms with E-state index < -0.39 is 12.1 Å². The van der Waals surface area contributed by atoms with Crippen molar-refractivity contribution >= 4 is 17.6 Å². The number of benzene rings is 2. The maximum Gasteiger partial charge on any atom is 0.303 e. The summed E-state index contributed by atoms with van der Waals surface area (Å²) in [6.07, 6.45) is -0.825. The van der Waals surface area contributed by atoms with Crippen molar-refractivity contribution in [2.75, 3.05) is 7.11 Å². The number of carbonyl (C=O) groups is 1. The minimum absolute atomic E-state index is 0.101. The summed E-state index contributed by atoms with van der Waals surface area (Å²) in [7, 11) is 1.51. The second-order valence-corrected chi connectivity index (χ2v) is 5.71. The van der Waals surface area contributed by atoms with E-state index in [0.717, 1.165) is 5.56 Å². The molecule has 2 N–H and O–H groups in total. The molecule has 0 fully saturated rings. The first-order chi connectivity index (χ1) is 11.5. The number of aliphatic carboxylic acids is 1. The molecule has 128 valence electrons. The Bertz CT molecular complexity index is 702. The predicted octanol–water partition coefficient (Wildman–Crippen LogP) is 3.83. The van der Waals surface area contributed by atoms with Crippen molar-refractivity contribution in [3.63, 3.8) is 0 Å². The molecule has 0 spiro atoms. The SMILES string of the molecule is COc1cc(C(O)CCC(=O)O)ccc1OCc1cccc(Cl)c1. The molecule has 5 nitrogen and oxygen atoms in total. The van der Waals surface area contributed by atoms with Gasteiger partial charge in [-0.25, -0.2) is 0 Å². The molecule has 2 aromatic rings. The number of halogens is 1. The van der Waals surface area contributed by atoms with Crippen LogP contribution in [0.2, 0.25) is 5.02 Å². The fourth-order valence-electron chi connectivity index (χ4n) is 2.23. The Hall–Kier alpha value is -2.24. The lowest BCUT2D eigenvalue weighted by Gasteiger charge is -2.15. The standard InChI is InChI=1S/C18H19ClO5/c1-23-17-10-13(15(20)6-8-18(21)22)5-7-16(17)24-11-12-3-2-4-14(19)9-12/h2-5,7,9-10,15,20H,6,8,11H2,1H3,(H,21,22). The van der Waals surface area contributed by atoms with Crippen molar-refractivity contribution in [2.45, 2.75) is 25.6 Å². The van der Waals surface area contributed by atoms with E-state index in [0.29, 0.717) is 28.7 Å². The van der Waals surface area contributed by atoms with Gasteiger partial charge in [0, 0.05) is 11.4 Å². The zero-order valence-electron chi connectivity index (χ0n) is 13.2. The number of methoxy groups -OCH3 is 1. The normalized spacial score (nSPS) is 11.8. The highest BCUT2D eigenvalue weighted by Gasteiger charge is 2.13. The van der Waals surface area contributed by atoms with Gasteiger partial charge < -0.3 is 19.7 Å². The minimum Gasteiger partial charge on any atom is -0.493 e. The first-order valence-corrected chi connectivity index (χ1v) is 7.82. The van der Waals surface area contributed by atoms with Crippen LogP contribution in [0.25, 0.3) is 0 Å². The average molecular weight is 351 g/mol. The lowest BCUT2D eigenvalue weighted by atomic mass is 10.0. The van der Waals surface area contributed by atoms with Gasteiger partial charge in [-0.05, 0) is 41.8 Å². The van der Waals surface area contributed by atoms with Gasteiger partial charge in [0.15, 0.2) is 11.5 Å². The summed E-state index contributed by atoms with van der Waals surface area (Å²) in [5.41, 5.74) is 1.51. The second kappa shape index (κ2) is 8.57. The molecule has 0 heterocycles. The molecular formula is C18H19ClO5. The van der Waals surface area contributed by atoms with Crippen LogP contribution in [0, 0.1) is 0 Å². The van der Waals surface area contributed by atoms with E-state index in [1.807, 2.05) is 18.2 Å².